The Labute approximate surface area is 166 Å². The van der Waals surface area contributed by atoms with Crippen molar-refractivity contribution < 1.29 is 18.7 Å². The molecule has 0 radical (unpaired) electrons. The van der Waals surface area contributed by atoms with Gasteiger partial charge < -0.3 is 9.15 Å². The standard InChI is InChI=1S/C21H15ClN2O4/c22-17-9-5-4-8-16(17)18-10-11-19(28-18)21(26)27-14-20(25)24(13-12-23)15-6-2-1-3-7-15/h1-11H,13-14H2. The van der Waals surface area contributed by atoms with Gasteiger partial charge in [-0.1, -0.05) is 41.9 Å². The zero-order valence-corrected chi connectivity index (χ0v) is 15.4. The summed E-state index contributed by atoms with van der Waals surface area (Å²) in [5, 5.41) is 9.45. The van der Waals surface area contributed by atoms with Gasteiger partial charge in [0.1, 0.15) is 12.3 Å². The summed E-state index contributed by atoms with van der Waals surface area (Å²) in [5.41, 5.74) is 1.19. The van der Waals surface area contributed by atoms with Gasteiger partial charge in [-0.3, -0.25) is 9.69 Å². The number of hydrogen-bond acceptors (Lipinski definition) is 5. The largest absolute Gasteiger partial charge is 0.450 e. The number of nitrogens with zero attached hydrogens (tertiary/aromatic N) is 2. The van der Waals surface area contributed by atoms with E-state index >= 15 is 0 Å². The van der Waals surface area contributed by atoms with Crippen LogP contribution < -0.4 is 4.90 Å². The molecule has 1 amide bonds. The van der Waals surface area contributed by atoms with Crippen LogP contribution in [-0.4, -0.2) is 25.0 Å². The molecule has 7 heteroatoms. The van der Waals surface area contributed by atoms with Crippen LogP contribution in [0.15, 0.2) is 71.1 Å². The van der Waals surface area contributed by atoms with Gasteiger partial charge in [-0.15, -0.1) is 0 Å². The highest BCUT2D eigenvalue weighted by atomic mass is 35.5. The van der Waals surface area contributed by atoms with Gasteiger partial charge in [0.2, 0.25) is 5.76 Å². The second-order valence-electron chi connectivity index (χ2n) is 5.69. The molecule has 1 heterocycles. The molecule has 0 fully saturated rings. The lowest BCUT2D eigenvalue weighted by Gasteiger charge is -2.19. The first-order valence-electron chi connectivity index (χ1n) is 8.34. The second kappa shape index (κ2) is 8.89. The first-order valence-corrected chi connectivity index (χ1v) is 8.72. The smallest absolute Gasteiger partial charge is 0.374 e. The monoisotopic (exact) mass is 394 g/mol. The van der Waals surface area contributed by atoms with Crippen LogP contribution in [0.1, 0.15) is 10.6 Å². The topological polar surface area (TPSA) is 83.5 Å². The lowest BCUT2D eigenvalue weighted by Crippen LogP contribution is -2.35. The summed E-state index contributed by atoms with van der Waals surface area (Å²) >= 11 is 6.12. The molecule has 0 bridgehead atoms. The van der Waals surface area contributed by atoms with Crippen molar-refractivity contribution in [2.75, 3.05) is 18.1 Å². The molecule has 0 saturated carbocycles. The van der Waals surface area contributed by atoms with E-state index in [0.29, 0.717) is 22.0 Å². The number of hydrogen-bond donors (Lipinski definition) is 0. The number of esters is 1. The summed E-state index contributed by atoms with van der Waals surface area (Å²) in [5.74, 6) is -0.927. The fraction of sp³-hybridized carbons (Fsp3) is 0.0952. The van der Waals surface area contributed by atoms with Crippen molar-refractivity contribution in [2.24, 2.45) is 0 Å². The van der Waals surface area contributed by atoms with Gasteiger partial charge in [-0.2, -0.15) is 5.26 Å². The molecule has 0 unspecified atom stereocenters. The van der Waals surface area contributed by atoms with Gasteiger partial charge in [-0.25, -0.2) is 4.79 Å². The Morgan fingerprint density at radius 1 is 1.04 bits per heavy atom. The number of carbonyl (C=O) groups is 2. The molecule has 0 spiro atoms. The minimum Gasteiger partial charge on any atom is -0.450 e. The van der Waals surface area contributed by atoms with E-state index in [1.54, 1.807) is 60.7 Å². The summed E-state index contributed by atoms with van der Waals surface area (Å²) in [7, 11) is 0. The third kappa shape index (κ3) is 4.40. The molecule has 28 heavy (non-hydrogen) atoms. The quantitative estimate of drug-likeness (QED) is 0.459. The Morgan fingerprint density at radius 2 is 1.75 bits per heavy atom. The maximum absolute atomic E-state index is 12.4. The number of para-hydroxylation sites is 1. The minimum absolute atomic E-state index is 0.0470. The van der Waals surface area contributed by atoms with E-state index in [2.05, 4.69) is 0 Å². The van der Waals surface area contributed by atoms with Gasteiger partial charge in [0.05, 0.1) is 11.1 Å². The third-order valence-corrected chi connectivity index (χ3v) is 4.20. The predicted octanol–water partition coefficient (Wildman–Crippen LogP) is 4.31. The second-order valence-corrected chi connectivity index (χ2v) is 6.10. The number of carbonyl (C=O) groups excluding carboxylic acids is 2. The normalized spacial score (nSPS) is 10.1. The molecule has 0 aliphatic rings. The van der Waals surface area contributed by atoms with E-state index in [0.717, 1.165) is 0 Å². The first kappa shape index (κ1) is 19.2. The number of rotatable bonds is 6. The van der Waals surface area contributed by atoms with Gasteiger partial charge in [0, 0.05) is 11.3 Å². The lowest BCUT2D eigenvalue weighted by atomic mass is 10.2. The van der Waals surface area contributed by atoms with E-state index in [9.17, 15) is 9.59 Å². The van der Waals surface area contributed by atoms with Crippen molar-refractivity contribution in [3.63, 3.8) is 0 Å². The lowest BCUT2D eigenvalue weighted by molar-refractivity contribution is -0.121. The van der Waals surface area contributed by atoms with E-state index in [-0.39, 0.29) is 12.3 Å². The molecule has 0 aliphatic heterocycles. The van der Waals surface area contributed by atoms with E-state index in [1.807, 2.05) is 6.07 Å². The molecule has 3 aromatic rings. The fourth-order valence-electron chi connectivity index (χ4n) is 2.53. The average Bonchev–Trinajstić information content (AvgIpc) is 3.21. The molecular weight excluding hydrogens is 380 g/mol. The van der Waals surface area contributed by atoms with Crippen LogP contribution in [-0.2, 0) is 9.53 Å². The van der Waals surface area contributed by atoms with Crippen molar-refractivity contribution in [1.29, 1.82) is 5.26 Å². The Bertz CT molecular complexity index is 1020. The van der Waals surface area contributed by atoms with Gasteiger partial charge in [-0.05, 0) is 36.4 Å². The van der Waals surface area contributed by atoms with Crippen molar-refractivity contribution in [3.8, 4) is 17.4 Å². The fourth-order valence-corrected chi connectivity index (χ4v) is 2.76. The van der Waals surface area contributed by atoms with Crippen LogP contribution in [0.5, 0.6) is 0 Å². The Balaban J connectivity index is 1.66. The zero-order valence-electron chi connectivity index (χ0n) is 14.7. The maximum atomic E-state index is 12.4. The molecule has 140 valence electrons. The van der Waals surface area contributed by atoms with Crippen molar-refractivity contribution in [2.45, 2.75) is 0 Å². The molecular formula is C21H15ClN2O4. The third-order valence-electron chi connectivity index (χ3n) is 3.87. The van der Waals surface area contributed by atoms with E-state index in [1.165, 1.54) is 11.0 Å². The number of ether oxygens (including phenoxy) is 1. The molecule has 3 rings (SSSR count). The summed E-state index contributed by atoms with van der Waals surface area (Å²) in [6.07, 6.45) is 0. The van der Waals surface area contributed by atoms with Crippen LogP contribution in [0.25, 0.3) is 11.3 Å². The van der Waals surface area contributed by atoms with Gasteiger partial charge in [0.15, 0.2) is 6.61 Å². The molecule has 1 aromatic heterocycles. The first-order chi connectivity index (χ1) is 13.6. The van der Waals surface area contributed by atoms with Crippen LogP contribution in [0.2, 0.25) is 5.02 Å². The molecule has 0 N–H and O–H groups in total. The van der Waals surface area contributed by atoms with Crippen LogP contribution in [0, 0.1) is 11.3 Å². The van der Waals surface area contributed by atoms with Gasteiger partial charge >= 0.3 is 5.97 Å². The van der Waals surface area contributed by atoms with Crippen molar-refractivity contribution in [1.82, 2.24) is 0 Å². The Kier molecular flexibility index (Phi) is 6.10. The van der Waals surface area contributed by atoms with E-state index in [4.69, 9.17) is 26.0 Å². The molecule has 0 atom stereocenters. The van der Waals surface area contributed by atoms with Crippen LogP contribution in [0.4, 0.5) is 5.69 Å². The van der Waals surface area contributed by atoms with Crippen LogP contribution in [0.3, 0.4) is 0 Å². The van der Waals surface area contributed by atoms with Crippen LogP contribution >= 0.6 is 11.6 Å². The number of amides is 1. The van der Waals surface area contributed by atoms with Gasteiger partial charge in [0.25, 0.3) is 5.91 Å². The minimum atomic E-state index is -0.781. The summed E-state index contributed by atoms with van der Waals surface area (Å²) in [4.78, 5) is 25.8. The predicted molar refractivity (Wildman–Crippen MR) is 104 cm³/mol. The van der Waals surface area contributed by atoms with Crippen molar-refractivity contribution in [3.05, 3.63) is 77.5 Å². The number of halogens is 1. The number of benzene rings is 2. The summed E-state index contributed by atoms with van der Waals surface area (Å²) < 4.78 is 10.6. The SMILES string of the molecule is N#CCN(C(=O)COC(=O)c1ccc(-c2ccccc2Cl)o1)c1ccccc1. The Morgan fingerprint density at radius 3 is 2.46 bits per heavy atom. The molecule has 2 aromatic carbocycles. The maximum Gasteiger partial charge on any atom is 0.374 e. The molecule has 0 saturated heterocycles. The summed E-state index contributed by atoms with van der Waals surface area (Å²) in [6, 6.07) is 20.7. The highest BCUT2D eigenvalue weighted by molar-refractivity contribution is 6.33. The van der Waals surface area contributed by atoms with Crippen molar-refractivity contribution >= 4 is 29.2 Å². The summed E-state index contributed by atoms with van der Waals surface area (Å²) in [6.45, 7) is -0.671. The highest BCUT2D eigenvalue weighted by Gasteiger charge is 2.20. The zero-order chi connectivity index (χ0) is 19.9. The highest BCUT2D eigenvalue weighted by Crippen LogP contribution is 2.29. The van der Waals surface area contributed by atoms with E-state index < -0.39 is 18.5 Å². The average molecular weight is 395 g/mol. The number of nitriles is 1. The number of furan rings is 1. The molecule has 0 aliphatic carbocycles. The molecule has 6 nitrogen and oxygen atoms in total. The number of anilines is 1. The Hall–Kier alpha value is -3.56.